The standard InChI is InChI=1S/C27H35N3O3S/c1-28(34(32,33)20-23-5-3-2-4-6-23)26-15-16-29(19-26)25-13-11-24(12-14-25)27(31)30-17-21-7-8-22(18-30)10-9-21/h2-6,11-14,21-22,26H,7-10,15-20H2,1H3. The van der Waals surface area contributed by atoms with Gasteiger partial charge in [0, 0.05) is 50.5 Å². The van der Waals surface area contributed by atoms with Gasteiger partial charge in [0.15, 0.2) is 0 Å². The number of nitrogens with zero attached hydrogens (tertiary/aromatic N) is 3. The molecule has 0 N–H and O–H groups in total. The molecule has 1 unspecified atom stereocenters. The molecule has 4 aliphatic rings. The average molecular weight is 482 g/mol. The van der Waals surface area contributed by atoms with E-state index in [1.54, 1.807) is 11.4 Å². The molecule has 1 saturated carbocycles. The van der Waals surface area contributed by atoms with Crippen molar-refractivity contribution in [1.82, 2.24) is 9.21 Å². The average Bonchev–Trinajstić information content (AvgIpc) is 3.14. The number of rotatable bonds is 6. The number of hydrogen-bond donors (Lipinski definition) is 0. The van der Waals surface area contributed by atoms with E-state index in [-0.39, 0.29) is 17.7 Å². The Morgan fingerprint density at radius 3 is 2.12 bits per heavy atom. The Kier molecular flexibility index (Phi) is 6.67. The van der Waals surface area contributed by atoms with Crippen molar-refractivity contribution in [3.63, 3.8) is 0 Å². The quantitative estimate of drug-likeness (QED) is 0.626. The molecule has 0 radical (unpaired) electrons. The van der Waals surface area contributed by atoms with Crippen LogP contribution in [-0.4, -0.2) is 62.8 Å². The number of sulfonamides is 1. The number of carbonyl (C=O) groups is 1. The molecule has 2 aromatic rings. The lowest BCUT2D eigenvalue weighted by atomic mass is 9.84. The molecular formula is C27H35N3O3S. The van der Waals surface area contributed by atoms with Gasteiger partial charge in [0.2, 0.25) is 10.0 Å². The van der Waals surface area contributed by atoms with E-state index in [9.17, 15) is 13.2 Å². The van der Waals surface area contributed by atoms with Crippen LogP contribution in [0.25, 0.3) is 0 Å². The predicted octanol–water partition coefficient (Wildman–Crippen LogP) is 3.99. The van der Waals surface area contributed by atoms with E-state index in [1.165, 1.54) is 25.7 Å². The van der Waals surface area contributed by atoms with Crippen molar-refractivity contribution in [2.45, 2.75) is 43.9 Å². The smallest absolute Gasteiger partial charge is 0.253 e. The van der Waals surface area contributed by atoms with E-state index >= 15 is 0 Å². The summed E-state index contributed by atoms with van der Waals surface area (Å²) in [5.41, 5.74) is 2.61. The summed E-state index contributed by atoms with van der Waals surface area (Å²) in [6.45, 7) is 3.26. The third kappa shape index (κ3) is 5.01. The third-order valence-corrected chi connectivity index (χ3v) is 9.87. The van der Waals surface area contributed by atoms with Crippen molar-refractivity contribution < 1.29 is 13.2 Å². The largest absolute Gasteiger partial charge is 0.370 e. The van der Waals surface area contributed by atoms with Crippen molar-refractivity contribution in [3.8, 4) is 0 Å². The van der Waals surface area contributed by atoms with Crippen LogP contribution in [0.1, 0.15) is 48.0 Å². The van der Waals surface area contributed by atoms with Gasteiger partial charge >= 0.3 is 0 Å². The highest BCUT2D eigenvalue weighted by molar-refractivity contribution is 7.88. The van der Waals surface area contributed by atoms with Crippen LogP contribution in [-0.2, 0) is 15.8 Å². The number of likely N-dealkylation sites (N-methyl/N-ethyl adjacent to an activating group) is 1. The summed E-state index contributed by atoms with van der Waals surface area (Å²) in [5.74, 6) is 1.50. The van der Waals surface area contributed by atoms with Crippen LogP contribution in [0, 0.1) is 11.8 Å². The minimum atomic E-state index is -3.38. The van der Waals surface area contributed by atoms with Crippen LogP contribution < -0.4 is 4.90 Å². The fraction of sp³-hybridized carbons (Fsp3) is 0.519. The van der Waals surface area contributed by atoms with Crippen molar-refractivity contribution >= 4 is 21.6 Å². The van der Waals surface area contributed by atoms with Crippen LogP contribution in [0.4, 0.5) is 5.69 Å². The molecule has 7 heteroatoms. The zero-order chi connectivity index (χ0) is 23.7. The maximum atomic E-state index is 13.1. The summed E-state index contributed by atoms with van der Waals surface area (Å²) in [5, 5.41) is 0. The number of benzene rings is 2. The van der Waals surface area contributed by atoms with Crippen LogP contribution in [0.2, 0.25) is 0 Å². The Morgan fingerprint density at radius 1 is 0.882 bits per heavy atom. The summed E-state index contributed by atoms with van der Waals surface area (Å²) < 4.78 is 27.4. The molecule has 4 fully saturated rings. The first-order chi connectivity index (χ1) is 16.4. The van der Waals surface area contributed by atoms with Gasteiger partial charge in [0.25, 0.3) is 5.91 Å². The van der Waals surface area contributed by atoms with Crippen molar-refractivity contribution in [3.05, 3.63) is 65.7 Å². The Labute approximate surface area is 203 Å². The molecule has 0 spiro atoms. The van der Waals surface area contributed by atoms with Gasteiger partial charge in [-0.05, 0) is 73.8 Å². The monoisotopic (exact) mass is 481 g/mol. The zero-order valence-corrected chi connectivity index (χ0v) is 20.8. The summed E-state index contributed by atoms with van der Waals surface area (Å²) in [4.78, 5) is 17.4. The molecule has 2 aromatic carbocycles. The number of carbonyl (C=O) groups excluding carboxylic acids is 1. The molecule has 3 saturated heterocycles. The minimum absolute atomic E-state index is 0.0237. The maximum Gasteiger partial charge on any atom is 0.253 e. The lowest BCUT2D eigenvalue weighted by Gasteiger charge is -2.25. The second-order valence-corrected chi connectivity index (χ2v) is 12.3. The Balaban J connectivity index is 1.20. The molecular weight excluding hydrogens is 446 g/mol. The molecule has 182 valence electrons. The summed E-state index contributed by atoms with van der Waals surface area (Å²) in [6, 6.07) is 17.2. The van der Waals surface area contributed by atoms with E-state index in [1.807, 2.05) is 54.6 Å². The first-order valence-corrected chi connectivity index (χ1v) is 14.1. The maximum absolute atomic E-state index is 13.1. The van der Waals surface area contributed by atoms with Crippen LogP contribution in [0.15, 0.2) is 54.6 Å². The molecule has 0 aromatic heterocycles. The van der Waals surface area contributed by atoms with Gasteiger partial charge in [-0.15, -0.1) is 0 Å². The molecule has 6 rings (SSSR count). The zero-order valence-electron chi connectivity index (χ0n) is 20.0. The van der Waals surface area contributed by atoms with E-state index in [4.69, 9.17) is 0 Å². The van der Waals surface area contributed by atoms with Gasteiger partial charge in [0.1, 0.15) is 0 Å². The van der Waals surface area contributed by atoms with Crippen LogP contribution in [0.5, 0.6) is 0 Å². The number of fused-ring (bicyclic) bond motifs is 4. The van der Waals surface area contributed by atoms with E-state index in [0.717, 1.165) is 42.9 Å². The number of amides is 1. The fourth-order valence-corrected chi connectivity index (χ4v) is 7.29. The second-order valence-electron chi connectivity index (χ2n) is 10.3. The second kappa shape index (κ2) is 9.70. The van der Waals surface area contributed by atoms with Crippen LogP contribution in [0.3, 0.4) is 0 Å². The molecule has 2 bridgehead atoms. The van der Waals surface area contributed by atoms with Crippen molar-refractivity contribution in [1.29, 1.82) is 0 Å². The lowest BCUT2D eigenvalue weighted by molar-refractivity contribution is 0.0739. The van der Waals surface area contributed by atoms with Gasteiger partial charge in [-0.25, -0.2) is 8.42 Å². The molecule has 34 heavy (non-hydrogen) atoms. The summed E-state index contributed by atoms with van der Waals surface area (Å²) in [7, 11) is -1.69. The molecule has 3 heterocycles. The van der Waals surface area contributed by atoms with E-state index < -0.39 is 10.0 Å². The summed E-state index contributed by atoms with van der Waals surface area (Å²) in [6.07, 6.45) is 5.85. The number of hydrogen-bond acceptors (Lipinski definition) is 4. The lowest BCUT2D eigenvalue weighted by Crippen LogP contribution is -2.39. The molecule has 3 aliphatic heterocycles. The highest BCUT2D eigenvalue weighted by Gasteiger charge is 2.34. The number of anilines is 1. The topological polar surface area (TPSA) is 60.9 Å². The fourth-order valence-electron chi connectivity index (χ4n) is 5.84. The molecule has 1 atom stereocenters. The highest BCUT2D eigenvalue weighted by atomic mass is 32.2. The Morgan fingerprint density at radius 2 is 1.50 bits per heavy atom. The van der Waals surface area contributed by atoms with E-state index in [0.29, 0.717) is 18.4 Å². The SMILES string of the molecule is CN(C1CCN(c2ccc(C(=O)N3CC4CCC(CC4)C3)cc2)C1)S(=O)(=O)Cc1ccccc1. The molecule has 6 nitrogen and oxygen atoms in total. The van der Waals surface area contributed by atoms with Gasteiger partial charge in [-0.1, -0.05) is 30.3 Å². The van der Waals surface area contributed by atoms with Crippen LogP contribution >= 0.6 is 0 Å². The Hall–Kier alpha value is -2.38. The molecule has 1 amide bonds. The van der Waals surface area contributed by atoms with Crippen molar-refractivity contribution in [2.24, 2.45) is 11.8 Å². The first kappa shape index (κ1) is 23.4. The van der Waals surface area contributed by atoms with Gasteiger partial charge in [-0.3, -0.25) is 4.79 Å². The first-order valence-electron chi connectivity index (χ1n) is 12.5. The normalized spacial score (nSPS) is 25.1. The molecule has 1 aliphatic carbocycles. The van der Waals surface area contributed by atoms with Crippen molar-refractivity contribution in [2.75, 3.05) is 38.1 Å². The van der Waals surface area contributed by atoms with Gasteiger partial charge in [0.05, 0.1) is 5.75 Å². The minimum Gasteiger partial charge on any atom is -0.370 e. The third-order valence-electron chi connectivity index (χ3n) is 8.00. The van der Waals surface area contributed by atoms with Gasteiger partial charge < -0.3 is 9.80 Å². The van der Waals surface area contributed by atoms with Gasteiger partial charge in [-0.2, -0.15) is 4.31 Å². The predicted molar refractivity (Wildman–Crippen MR) is 135 cm³/mol. The highest BCUT2D eigenvalue weighted by Crippen LogP contribution is 2.34. The summed E-state index contributed by atoms with van der Waals surface area (Å²) >= 11 is 0. The van der Waals surface area contributed by atoms with E-state index in [2.05, 4.69) is 9.80 Å². The Bertz CT molecular complexity index is 1080.